The maximum Gasteiger partial charge on any atom is 0.0148 e. The molecule has 1 nitrogen and oxygen atoms in total. The molecule has 3 aliphatic rings. The average Bonchev–Trinajstić information content (AvgIpc) is 3.22. The minimum Gasteiger partial charge on any atom is -0.313 e. The summed E-state index contributed by atoms with van der Waals surface area (Å²) in [7, 11) is 0. The molecule has 90 valence electrons. The largest absolute Gasteiger partial charge is 0.313 e. The highest BCUT2D eigenvalue weighted by atomic mass is 14.9. The lowest BCUT2D eigenvalue weighted by molar-refractivity contribution is 0.374. The van der Waals surface area contributed by atoms with Crippen LogP contribution in [0.25, 0.3) is 0 Å². The van der Waals surface area contributed by atoms with Crippen LogP contribution in [-0.4, -0.2) is 12.6 Å². The minimum absolute atomic E-state index is 0.712. The van der Waals surface area contributed by atoms with Gasteiger partial charge in [-0.1, -0.05) is 24.3 Å². The van der Waals surface area contributed by atoms with Gasteiger partial charge in [-0.2, -0.15) is 0 Å². The van der Waals surface area contributed by atoms with Crippen molar-refractivity contribution in [1.29, 1.82) is 0 Å². The third-order valence-electron chi connectivity index (χ3n) is 5.13. The van der Waals surface area contributed by atoms with Crippen LogP contribution < -0.4 is 5.32 Å². The molecule has 0 bridgehead atoms. The number of benzene rings is 1. The SMILES string of the molecule is c1ccc2c(c1)CC(NCC1(C3CC3)CC1)C2. The summed E-state index contributed by atoms with van der Waals surface area (Å²) >= 11 is 0. The zero-order valence-corrected chi connectivity index (χ0v) is 10.4. The molecule has 1 aromatic carbocycles. The number of nitrogens with one attached hydrogen (secondary N) is 1. The summed E-state index contributed by atoms with van der Waals surface area (Å²) in [6.45, 7) is 1.29. The van der Waals surface area contributed by atoms with Gasteiger partial charge in [-0.05, 0) is 61.0 Å². The fraction of sp³-hybridized carbons (Fsp3) is 0.625. The Bertz CT molecular complexity index is 404. The molecule has 0 unspecified atom stereocenters. The molecule has 0 spiro atoms. The fourth-order valence-corrected chi connectivity index (χ4v) is 3.64. The van der Waals surface area contributed by atoms with E-state index in [0.717, 1.165) is 11.3 Å². The second-order valence-electron chi connectivity index (χ2n) is 6.39. The zero-order chi connectivity index (χ0) is 11.3. The second-order valence-corrected chi connectivity index (χ2v) is 6.39. The quantitative estimate of drug-likeness (QED) is 0.834. The summed E-state index contributed by atoms with van der Waals surface area (Å²) in [4.78, 5) is 0. The molecule has 1 heteroatoms. The van der Waals surface area contributed by atoms with Crippen molar-refractivity contribution >= 4 is 0 Å². The molecule has 0 radical (unpaired) electrons. The number of hydrogen-bond acceptors (Lipinski definition) is 1. The van der Waals surface area contributed by atoms with Crippen LogP contribution >= 0.6 is 0 Å². The van der Waals surface area contributed by atoms with E-state index in [9.17, 15) is 0 Å². The molecule has 0 amide bonds. The molecule has 0 heterocycles. The Morgan fingerprint density at radius 3 is 2.24 bits per heavy atom. The van der Waals surface area contributed by atoms with Gasteiger partial charge in [0.1, 0.15) is 0 Å². The first-order valence-corrected chi connectivity index (χ1v) is 7.16. The van der Waals surface area contributed by atoms with Crippen molar-refractivity contribution in [3.8, 4) is 0 Å². The van der Waals surface area contributed by atoms with Crippen molar-refractivity contribution in [1.82, 2.24) is 5.32 Å². The predicted molar refractivity (Wildman–Crippen MR) is 70.0 cm³/mol. The monoisotopic (exact) mass is 227 g/mol. The van der Waals surface area contributed by atoms with Crippen LogP contribution in [0, 0.1) is 11.3 Å². The lowest BCUT2D eigenvalue weighted by atomic mass is 10.00. The third-order valence-corrected chi connectivity index (χ3v) is 5.13. The van der Waals surface area contributed by atoms with Crippen LogP contribution in [0.4, 0.5) is 0 Å². The Hall–Kier alpha value is -0.820. The van der Waals surface area contributed by atoms with Crippen LogP contribution in [0.15, 0.2) is 24.3 Å². The summed E-state index contributed by atoms with van der Waals surface area (Å²) < 4.78 is 0. The van der Waals surface area contributed by atoms with E-state index in [4.69, 9.17) is 0 Å². The van der Waals surface area contributed by atoms with Crippen molar-refractivity contribution in [3.05, 3.63) is 35.4 Å². The second kappa shape index (κ2) is 3.58. The van der Waals surface area contributed by atoms with E-state index in [-0.39, 0.29) is 0 Å². The first-order valence-electron chi connectivity index (χ1n) is 7.16. The maximum atomic E-state index is 3.85. The fourth-order valence-electron chi connectivity index (χ4n) is 3.64. The van der Waals surface area contributed by atoms with Gasteiger partial charge < -0.3 is 5.32 Å². The van der Waals surface area contributed by atoms with Crippen molar-refractivity contribution in [2.45, 2.75) is 44.6 Å². The summed E-state index contributed by atoms with van der Waals surface area (Å²) in [6.07, 6.45) is 8.49. The van der Waals surface area contributed by atoms with Gasteiger partial charge >= 0.3 is 0 Å². The molecule has 17 heavy (non-hydrogen) atoms. The zero-order valence-electron chi connectivity index (χ0n) is 10.4. The van der Waals surface area contributed by atoms with E-state index in [1.165, 1.54) is 45.1 Å². The molecule has 0 atom stereocenters. The molecular weight excluding hydrogens is 206 g/mol. The van der Waals surface area contributed by atoms with Crippen LogP contribution in [-0.2, 0) is 12.8 Å². The number of rotatable bonds is 4. The van der Waals surface area contributed by atoms with Crippen LogP contribution in [0.1, 0.15) is 36.8 Å². The van der Waals surface area contributed by atoms with Crippen molar-refractivity contribution in [3.63, 3.8) is 0 Å². The minimum atomic E-state index is 0.712. The van der Waals surface area contributed by atoms with Crippen molar-refractivity contribution in [2.75, 3.05) is 6.54 Å². The molecule has 0 aliphatic heterocycles. The molecule has 0 aromatic heterocycles. The summed E-state index contributed by atoms with van der Waals surface area (Å²) in [5, 5.41) is 3.85. The van der Waals surface area contributed by atoms with E-state index >= 15 is 0 Å². The number of fused-ring (bicyclic) bond motifs is 1. The Kier molecular flexibility index (Phi) is 2.14. The summed E-state index contributed by atoms with van der Waals surface area (Å²) in [5.41, 5.74) is 3.89. The van der Waals surface area contributed by atoms with E-state index in [0.29, 0.717) is 6.04 Å². The molecular formula is C16H21N. The van der Waals surface area contributed by atoms with Crippen molar-refractivity contribution in [2.24, 2.45) is 11.3 Å². The first-order chi connectivity index (χ1) is 8.36. The lowest BCUT2D eigenvalue weighted by Gasteiger charge is -2.19. The molecule has 2 fully saturated rings. The molecule has 3 aliphatic carbocycles. The standard InChI is InChI=1S/C16H21N/c1-2-4-13-10-15(9-12(13)3-1)17-11-16(7-8-16)14-5-6-14/h1-4,14-15,17H,5-11H2. The van der Waals surface area contributed by atoms with Gasteiger partial charge in [-0.3, -0.25) is 0 Å². The lowest BCUT2D eigenvalue weighted by Crippen LogP contribution is -2.35. The Morgan fingerprint density at radius 2 is 1.71 bits per heavy atom. The Labute approximate surface area is 104 Å². The highest BCUT2D eigenvalue weighted by Crippen LogP contribution is 2.60. The highest BCUT2D eigenvalue weighted by Gasteiger charge is 2.53. The van der Waals surface area contributed by atoms with Gasteiger partial charge in [0.15, 0.2) is 0 Å². The smallest absolute Gasteiger partial charge is 0.0148 e. The topological polar surface area (TPSA) is 12.0 Å². The normalized spacial score (nSPS) is 25.9. The van der Waals surface area contributed by atoms with Gasteiger partial charge in [-0.25, -0.2) is 0 Å². The third kappa shape index (κ3) is 1.81. The Balaban J connectivity index is 1.37. The Morgan fingerprint density at radius 1 is 1.06 bits per heavy atom. The number of hydrogen-bond donors (Lipinski definition) is 1. The van der Waals surface area contributed by atoms with Gasteiger partial charge in [0.25, 0.3) is 0 Å². The van der Waals surface area contributed by atoms with E-state index in [1.807, 2.05) is 0 Å². The van der Waals surface area contributed by atoms with Crippen LogP contribution in [0.3, 0.4) is 0 Å². The molecule has 0 saturated heterocycles. The van der Waals surface area contributed by atoms with Gasteiger partial charge in [-0.15, -0.1) is 0 Å². The summed E-state index contributed by atoms with van der Waals surface area (Å²) in [5.74, 6) is 1.08. The van der Waals surface area contributed by atoms with E-state index < -0.39 is 0 Å². The van der Waals surface area contributed by atoms with Crippen LogP contribution in [0.2, 0.25) is 0 Å². The van der Waals surface area contributed by atoms with Crippen molar-refractivity contribution < 1.29 is 0 Å². The van der Waals surface area contributed by atoms with Gasteiger partial charge in [0.05, 0.1) is 0 Å². The first kappa shape index (κ1) is 10.1. The van der Waals surface area contributed by atoms with E-state index in [1.54, 1.807) is 11.1 Å². The van der Waals surface area contributed by atoms with Gasteiger partial charge in [0.2, 0.25) is 0 Å². The molecule has 1 N–H and O–H groups in total. The van der Waals surface area contributed by atoms with E-state index in [2.05, 4.69) is 29.6 Å². The molecule has 1 aromatic rings. The maximum absolute atomic E-state index is 3.85. The highest BCUT2D eigenvalue weighted by molar-refractivity contribution is 5.33. The molecule has 4 rings (SSSR count). The van der Waals surface area contributed by atoms with Crippen LogP contribution in [0.5, 0.6) is 0 Å². The predicted octanol–water partition coefficient (Wildman–Crippen LogP) is 2.93. The average molecular weight is 227 g/mol. The molecule has 2 saturated carbocycles. The van der Waals surface area contributed by atoms with Gasteiger partial charge in [0, 0.05) is 12.6 Å². The summed E-state index contributed by atoms with van der Waals surface area (Å²) in [6, 6.07) is 9.65.